The van der Waals surface area contributed by atoms with Gasteiger partial charge in [0.2, 0.25) is 11.8 Å². The summed E-state index contributed by atoms with van der Waals surface area (Å²) in [6, 6.07) is 5.77. The molecule has 0 saturated heterocycles. The molecule has 0 atom stereocenters. The molecule has 4 aliphatic rings. The Morgan fingerprint density at radius 3 is 2.26 bits per heavy atom. The Morgan fingerprint density at radius 2 is 1.65 bits per heavy atom. The molecule has 6 heteroatoms. The van der Waals surface area contributed by atoms with Crippen molar-refractivity contribution >= 4 is 11.8 Å². The maximum absolute atomic E-state index is 12.9. The molecule has 1 aromatic carbocycles. The van der Waals surface area contributed by atoms with Crippen molar-refractivity contribution in [2.75, 3.05) is 26.8 Å². The summed E-state index contributed by atoms with van der Waals surface area (Å²) in [5.74, 6) is 3.91. The lowest BCUT2D eigenvalue weighted by molar-refractivity contribution is -0.146. The number of rotatable bonds is 10. The molecule has 0 unspecified atom stereocenters. The van der Waals surface area contributed by atoms with Crippen molar-refractivity contribution in [2.45, 2.75) is 58.3 Å². The van der Waals surface area contributed by atoms with Crippen molar-refractivity contribution in [3.63, 3.8) is 0 Å². The minimum Gasteiger partial charge on any atom is -0.493 e. The molecule has 0 aliphatic heterocycles. The predicted molar refractivity (Wildman–Crippen MR) is 119 cm³/mol. The Labute approximate surface area is 185 Å². The normalized spacial score (nSPS) is 28.3. The first-order valence-electron chi connectivity index (χ1n) is 11.9. The first-order chi connectivity index (χ1) is 15.0. The molecule has 0 heterocycles. The number of aryl methyl sites for hydroxylation is 1. The van der Waals surface area contributed by atoms with E-state index in [4.69, 9.17) is 9.47 Å². The van der Waals surface area contributed by atoms with Crippen LogP contribution in [0.4, 0.5) is 0 Å². The van der Waals surface area contributed by atoms with Gasteiger partial charge in [-0.1, -0.05) is 6.07 Å². The second-order valence-electron chi connectivity index (χ2n) is 9.72. The van der Waals surface area contributed by atoms with E-state index in [0.717, 1.165) is 42.6 Å². The summed E-state index contributed by atoms with van der Waals surface area (Å²) in [6.07, 6.45) is 8.26. The van der Waals surface area contributed by atoms with Gasteiger partial charge < -0.3 is 20.1 Å². The van der Waals surface area contributed by atoms with Gasteiger partial charge in [0.1, 0.15) is 0 Å². The molecule has 6 nitrogen and oxygen atoms in total. The van der Waals surface area contributed by atoms with Crippen LogP contribution in [0.1, 0.15) is 57.4 Å². The lowest BCUT2D eigenvalue weighted by Gasteiger charge is -2.55. The molecule has 170 valence electrons. The summed E-state index contributed by atoms with van der Waals surface area (Å²) in [6.45, 7) is 3.49. The summed E-state index contributed by atoms with van der Waals surface area (Å²) in [5.41, 5.74) is 0.913. The van der Waals surface area contributed by atoms with E-state index in [0.29, 0.717) is 44.0 Å². The quantitative estimate of drug-likeness (QED) is 0.560. The Bertz CT molecular complexity index is 771. The zero-order chi connectivity index (χ0) is 21.8. The highest BCUT2D eigenvalue weighted by Gasteiger charge is 2.54. The van der Waals surface area contributed by atoms with Crippen LogP contribution in [0.15, 0.2) is 18.2 Å². The van der Waals surface area contributed by atoms with E-state index in [1.807, 2.05) is 25.1 Å². The molecule has 0 aromatic heterocycles. The maximum atomic E-state index is 12.9. The van der Waals surface area contributed by atoms with Gasteiger partial charge in [0.05, 0.1) is 13.7 Å². The molecule has 0 radical (unpaired) electrons. The second kappa shape index (κ2) is 9.49. The first kappa shape index (κ1) is 22.0. The van der Waals surface area contributed by atoms with Crippen molar-refractivity contribution in [1.29, 1.82) is 0 Å². The highest BCUT2D eigenvalue weighted by molar-refractivity contribution is 5.83. The fraction of sp³-hybridized carbons (Fsp3) is 0.680. The van der Waals surface area contributed by atoms with Gasteiger partial charge in [0, 0.05) is 24.9 Å². The number of hydrogen-bond donors (Lipinski definition) is 2. The minimum absolute atomic E-state index is 0.00287. The number of benzene rings is 1. The van der Waals surface area contributed by atoms with Crippen LogP contribution in [0.3, 0.4) is 0 Å². The van der Waals surface area contributed by atoms with Crippen molar-refractivity contribution in [2.24, 2.45) is 23.2 Å². The van der Waals surface area contributed by atoms with Crippen LogP contribution >= 0.6 is 0 Å². The summed E-state index contributed by atoms with van der Waals surface area (Å²) in [5, 5.41) is 6.05. The molecule has 4 saturated carbocycles. The monoisotopic (exact) mass is 428 g/mol. The van der Waals surface area contributed by atoms with Gasteiger partial charge in [-0.2, -0.15) is 0 Å². The van der Waals surface area contributed by atoms with E-state index in [1.165, 1.54) is 19.3 Å². The smallest absolute Gasteiger partial charge is 0.226 e. The third kappa shape index (κ3) is 4.99. The van der Waals surface area contributed by atoms with Gasteiger partial charge >= 0.3 is 0 Å². The van der Waals surface area contributed by atoms with Gasteiger partial charge in [-0.05, 0) is 87.3 Å². The van der Waals surface area contributed by atoms with Gasteiger partial charge in [-0.25, -0.2) is 0 Å². The number of amides is 2. The number of methoxy groups -OCH3 is 1. The zero-order valence-corrected chi connectivity index (χ0v) is 18.9. The van der Waals surface area contributed by atoms with Crippen LogP contribution in [-0.2, 0) is 16.0 Å². The van der Waals surface area contributed by atoms with Crippen LogP contribution in [0.5, 0.6) is 11.5 Å². The highest BCUT2D eigenvalue weighted by Crippen LogP contribution is 2.60. The molecular formula is C25H36N2O4. The topological polar surface area (TPSA) is 76.7 Å². The maximum Gasteiger partial charge on any atom is 0.226 e. The van der Waals surface area contributed by atoms with E-state index < -0.39 is 0 Å². The van der Waals surface area contributed by atoms with Crippen LogP contribution in [-0.4, -0.2) is 38.6 Å². The third-order valence-electron chi connectivity index (χ3n) is 7.42. The van der Waals surface area contributed by atoms with Gasteiger partial charge in [-0.15, -0.1) is 0 Å². The van der Waals surface area contributed by atoms with E-state index in [-0.39, 0.29) is 17.2 Å². The number of hydrogen-bond acceptors (Lipinski definition) is 4. The van der Waals surface area contributed by atoms with Crippen molar-refractivity contribution in [3.05, 3.63) is 23.8 Å². The number of carbonyl (C=O) groups is 2. The Morgan fingerprint density at radius 1 is 1.00 bits per heavy atom. The van der Waals surface area contributed by atoms with Crippen LogP contribution in [0, 0.1) is 23.2 Å². The molecule has 0 spiro atoms. The van der Waals surface area contributed by atoms with Crippen molar-refractivity contribution in [3.8, 4) is 11.5 Å². The SMILES string of the molecule is CCOc1ccc(CCC(=O)NCCNC(=O)C23CC4CC(CC(C4)C2)C3)cc1OC. The van der Waals surface area contributed by atoms with Crippen LogP contribution in [0.2, 0.25) is 0 Å². The second-order valence-corrected chi connectivity index (χ2v) is 9.72. The molecule has 2 N–H and O–H groups in total. The van der Waals surface area contributed by atoms with E-state index in [2.05, 4.69) is 10.6 Å². The van der Waals surface area contributed by atoms with Gasteiger partial charge in [0.15, 0.2) is 11.5 Å². The molecule has 4 bridgehead atoms. The number of carbonyl (C=O) groups excluding carboxylic acids is 2. The standard InChI is InChI=1S/C25H36N2O4/c1-3-31-21-6-4-17(13-22(21)30-2)5-7-23(28)26-8-9-27-24(29)25-14-18-10-19(15-25)12-20(11-18)16-25/h4,6,13,18-20H,3,5,7-12,14-16H2,1-2H3,(H,26,28)(H,27,29). The van der Waals surface area contributed by atoms with Crippen molar-refractivity contribution < 1.29 is 19.1 Å². The summed E-state index contributed by atoms with van der Waals surface area (Å²) in [4.78, 5) is 25.2. The summed E-state index contributed by atoms with van der Waals surface area (Å²) in [7, 11) is 1.62. The van der Waals surface area contributed by atoms with E-state index in [1.54, 1.807) is 7.11 Å². The van der Waals surface area contributed by atoms with Crippen molar-refractivity contribution in [1.82, 2.24) is 10.6 Å². The van der Waals surface area contributed by atoms with E-state index in [9.17, 15) is 9.59 Å². The largest absolute Gasteiger partial charge is 0.493 e. The molecule has 2 amide bonds. The molecule has 4 fully saturated rings. The fourth-order valence-electron chi connectivity index (χ4n) is 6.44. The lowest BCUT2D eigenvalue weighted by Crippen LogP contribution is -2.54. The predicted octanol–water partition coefficient (Wildman–Crippen LogP) is 3.48. The van der Waals surface area contributed by atoms with Gasteiger partial charge in [-0.3, -0.25) is 9.59 Å². The first-order valence-corrected chi connectivity index (χ1v) is 11.9. The summed E-state index contributed by atoms with van der Waals surface area (Å²) >= 11 is 0. The lowest BCUT2D eigenvalue weighted by atomic mass is 9.49. The summed E-state index contributed by atoms with van der Waals surface area (Å²) < 4.78 is 10.9. The molecule has 5 rings (SSSR count). The zero-order valence-electron chi connectivity index (χ0n) is 18.9. The highest BCUT2D eigenvalue weighted by atomic mass is 16.5. The number of ether oxygens (including phenoxy) is 2. The molecule has 1 aromatic rings. The Balaban J connectivity index is 1.17. The molecule has 4 aliphatic carbocycles. The third-order valence-corrected chi connectivity index (χ3v) is 7.42. The minimum atomic E-state index is -0.120. The average molecular weight is 429 g/mol. The average Bonchev–Trinajstić information content (AvgIpc) is 2.75. The fourth-order valence-corrected chi connectivity index (χ4v) is 6.44. The van der Waals surface area contributed by atoms with Crippen LogP contribution in [0.25, 0.3) is 0 Å². The Hall–Kier alpha value is -2.24. The molecular weight excluding hydrogens is 392 g/mol. The Kier molecular flexibility index (Phi) is 6.73. The number of nitrogens with one attached hydrogen (secondary N) is 2. The van der Waals surface area contributed by atoms with Crippen LogP contribution < -0.4 is 20.1 Å². The van der Waals surface area contributed by atoms with Gasteiger partial charge in [0.25, 0.3) is 0 Å². The van der Waals surface area contributed by atoms with E-state index >= 15 is 0 Å². The molecule has 31 heavy (non-hydrogen) atoms.